The number of carbonyl (C=O) groups is 2. The minimum absolute atomic E-state index is 0.0819. The summed E-state index contributed by atoms with van der Waals surface area (Å²) in [5.74, 6) is -1.01. The van der Waals surface area contributed by atoms with E-state index in [9.17, 15) is 23.2 Å². The van der Waals surface area contributed by atoms with Gasteiger partial charge in [-0.15, -0.1) is 0 Å². The Morgan fingerprint density at radius 1 is 1.06 bits per heavy atom. The third-order valence-electron chi connectivity index (χ3n) is 5.04. The van der Waals surface area contributed by atoms with E-state index in [0.717, 1.165) is 0 Å². The Balaban J connectivity index is 1.25. The van der Waals surface area contributed by atoms with Crippen molar-refractivity contribution in [2.24, 2.45) is 0 Å². The number of ketones is 2. The molecule has 1 aliphatic carbocycles. The third kappa shape index (κ3) is 4.66. The van der Waals surface area contributed by atoms with Crippen LogP contribution in [0, 0.1) is 5.21 Å². The fraction of sp³-hybridized carbons (Fsp3) is 0.227. The summed E-state index contributed by atoms with van der Waals surface area (Å²) in [5.41, 5.74) is 0.622. The standard InChI is InChI=1S/C22H20N4O7S/c27-18-14-17(20(28)19-16(18)10-7-12-24-19)23-11-5-2-6-13-32-21-22(26(29)33-25-21)34(30,31)15-8-3-1-4-9-15/h1,3-4,7-10,12,14,23H,2,5-6,11,13H2. The van der Waals surface area contributed by atoms with Crippen LogP contribution in [0.2, 0.25) is 0 Å². The maximum atomic E-state index is 12.7. The van der Waals surface area contributed by atoms with Gasteiger partial charge in [-0.3, -0.25) is 19.2 Å². The van der Waals surface area contributed by atoms with Crippen LogP contribution in [0.3, 0.4) is 0 Å². The fourth-order valence-corrected chi connectivity index (χ4v) is 4.65. The molecular formula is C22H20N4O7S. The maximum Gasteiger partial charge on any atom is 0.414 e. The molecule has 0 atom stereocenters. The number of fused-ring (bicyclic) bond motifs is 1. The second-order valence-electron chi connectivity index (χ2n) is 7.34. The number of carbonyl (C=O) groups excluding carboxylic acids is 2. The summed E-state index contributed by atoms with van der Waals surface area (Å²) < 4.78 is 35.3. The smallest absolute Gasteiger partial charge is 0.414 e. The Labute approximate surface area is 194 Å². The maximum absolute atomic E-state index is 12.7. The van der Waals surface area contributed by atoms with E-state index in [1.54, 1.807) is 18.2 Å². The monoisotopic (exact) mass is 484 g/mol. The first-order valence-corrected chi connectivity index (χ1v) is 11.9. The predicted octanol–water partition coefficient (Wildman–Crippen LogP) is 1.64. The zero-order chi connectivity index (χ0) is 24.1. The number of nitrogens with zero attached hydrogens (tertiary/aromatic N) is 3. The lowest BCUT2D eigenvalue weighted by atomic mass is 9.97. The van der Waals surface area contributed by atoms with Crippen LogP contribution in [0.25, 0.3) is 0 Å². The minimum Gasteiger partial charge on any atom is -0.454 e. The van der Waals surface area contributed by atoms with Crippen LogP contribution >= 0.6 is 0 Å². The van der Waals surface area contributed by atoms with Gasteiger partial charge in [0.2, 0.25) is 5.78 Å². The topological polar surface area (TPSA) is 155 Å². The summed E-state index contributed by atoms with van der Waals surface area (Å²) in [6.45, 7) is 0.534. The van der Waals surface area contributed by atoms with Crippen molar-refractivity contribution < 1.29 is 32.3 Å². The van der Waals surface area contributed by atoms with Crippen LogP contribution in [0.1, 0.15) is 40.1 Å². The van der Waals surface area contributed by atoms with Gasteiger partial charge in [-0.25, -0.2) is 8.42 Å². The van der Waals surface area contributed by atoms with Crippen molar-refractivity contribution >= 4 is 21.4 Å². The second kappa shape index (κ2) is 9.83. The summed E-state index contributed by atoms with van der Waals surface area (Å²) >= 11 is 0. The van der Waals surface area contributed by atoms with Gasteiger partial charge in [0.15, 0.2) is 5.78 Å². The van der Waals surface area contributed by atoms with Gasteiger partial charge >= 0.3 is 10.9 Å². The molecule has 0 saturated heterocycles. The number of ether oxygens (including phenoxy) is 1. The van der Waals surface area contributed by atoms with Gasteiger partial charge in [-0.1, -0.05) is 18.2 Å². The molecule has 3 aromatic rings. The summed E-state index contributed by atoms with van der Waals surface area (Å²) in [7, 11) is -4.16. The van der Waals surface area contributed by atoms with Crippen molar-refractivity contribution in [3.8, 4) is 5.88 Å². The van der Waals surface area contributed by atoms with Crippen molar-refractivity contribution in [3.63, 3.8) is 0 Å². The number of benzene rings is 1. The summed E-state index contributed by atoms with van der Waals surface area (Å²) in [4.78, 5) is 28.3. The van der Waals surface area contributed by atoms with Crippen LogP contribution < -0.4 is 15.0 Å². The van der Waals surface area contributed by atoms with Crippen molar-refractivity contribution in [3.05, 3.63) is 76.9 Å². The quantitative estimate of drug-likeness (QED) is 0.331. The molecule has 1 aromatic carbocycles. The molecule has 0 aliphatic heterocycles. The van der Waals surface area contributed by atoms with Crippen molar-refractivity contribution in [2.75, 3.05) is 13.2 Å². The first-order chi connectivity index (χ1) is 16.4. The van der Waals surface area contributed by atoms with E-state index < -0.39 is 20.7 Å². The molecule has 1 aliphatic rings. The molecule has 0 saturated carbocycles. The van der Waals surface area contributed by atoms with Crippen molar-refractivity contribution in [1.29, 1.82) is 0 Å². The van der Waals surface area contributed by atoms with Gasteiger partial charge < -0.3 is 15.3 Å². The highest BCUT2D eigenvalue weighted by molar-refractivity contribution is 7.91. The van der Waals surface area contributed by atoms with E-state index in [0.29, 0.717) is 25.8 Å². The number of Topliss-reactive ketones (excluding diaryl/α,β-unsaturated/α-hetero) is 1. The predicted molar refractivity (Wildman–Crippen MR) is 116 cm³/mol. The lowest BCUT2D eigenvalue weighted by Gasteiger charge is -2.15. The Morgan fingerprint density at radius 2 is 1.85 bits per heavy atom. The first kappa shape index (κ1) is 23.1. The van der Waals surface area contributed by atoms with Crippen LogP contribution in [-0.2, 0) is 9.84 Å². The Kier molecular flexibility index (Phi) is 6.68. The molecule has 0 amide bonds. The molecule has 4 rings (SSSR count). The number of allylic oxidation sites excluding steroid dienone is 2. The second-order valence-corrected chi connectivity index (χ2v) is 9.21. The van der Waals surface area contributed by atoms with E-state index in [1.807, 2.05) is 0 Å². The van der Waals surface area contributed by atoms with Gasteiger partial charge in [0.1, 0.15) is 5.69 Å². The number of pyridine rings is 1. The number of aromatic nitrogens is 3. The zero-order valence-electron chi connectivity index (χ0n) is 17.8. The molecule has 34 heavy (non-hydrogen) atoms. The fourth-order valence-electron chi connectivity index (χ4n) is 3.35. The molecule has 0 radical (unpaired) electrons. The normalized spacial score (nSPS) is 13.4. The number of unbranched alkanes of at least 4 members (excludes halogenated alkanes) is 2. The van der Waals surface area contributed by atoms with E-state index >= 15 is 0 Å². The molecule has 0 bridgehead atoms. The van der Waals surface area contributed by atoms with Gasteiger partial charge in [0.05, 0.1) is 27.9 Å². The highest BCUT2D eigenvalue weighted by Crippen LogP contribution is 2.25. The zero-order valence-corrected chi connectivity index (χ0v) is 18.7. The average Bonchev–Trinajstić information content (AvgIpc) is 3.23. The van der Waals surface area contributed by atoms with Crippen LogP contribution in [0.5, 0.6) is 5.88 Å². The number of hydrogen-bond donors (Lipinski definition) is 1. The number of hydrogen-bond acceptors (Lipinski definition) is 10. The first-order valence-electron chi connectivity index (χ1n) is 10.4. The third-order valence-corrected chi connectivity index (χ3v) is 6.76. The van der Waals surface area contributed by atoms with Gasteiger partial charge in [0.25, 0.3) is 9.84 Å². The molecule has 0 unspecified atom stereocenters. The van der Waals surface area contributed by atoms with E-state index in [2.05, 4.69) is 20.1 Å². The molecule has 0 fully saturated rings. The Morgan fingerprint density at radius 3 is 2.65 bits per heavy atom. The molecule has 2 heterocycles. The van der Waals surface area contributed by atoms with Gasteiger partial charge in [0, 0.05) is 18.8 Å². The molecule has 0 spiro atoms. The molecular weight excluding hydrogens is 464 g/mol. The highest BCUT2D eigenvalue weighted by Gasteiger charge is 2.35. The van der Waals surface area contributed by atoms with Crippen LogP contribution in [0.15, 0.2) is 75.0 Å². The van der Waals surface area contributed by atoms with Crippen LogP contribution in [0.4, 0.5) is 0 Å². The molecule has 176 valence electrons. The molecule has 12 heteroatoms. The van der Waals surface area contributed by atoms with Crippen molar-refractivity contribution in [1.82, 2.24) is 15.5 Å². The largest absolute Gasteiger partial charge is 0.454 e. The SMILES string of the molecule is O=C1C=C(NCCCCCOc2no[n+]([O-])c2S(=O)(=O)c2ccccc2)C(=O)c2ncccc21. The van der Waals surface area contributed by atoms with Gasteiger partial charge in [-0.05, 0) is 48.4 Å². The summed E-state index contributed by atoms with van der Waals surface area (Å²) in [6, 6.07) is 10.6. The Bertz CT molecular complexity index is 1350. The van der Waals surface area contributed by atoms with Crippen LogP contribution in [-0.4, -0.2) is 43.3 Å². The molecule has 2 aromatic heterocycles. The Hall–Kier alpha value is -4.06. The molecule has 11 nitrogen and oxygen atoms in total. The molecule has 1 N–H and O–H groups in total. The number of rotatable bonds is 10. The summed E-state index contributed by atoms with van der Waals surface area (Å²) in [5, 5.41) is 17.5. The lowest BCUT2D eigenvalue weighted by molar-refractivity contribution is -0.832. The minimum atomic E-state index is -4.16. The lowest BCUT2D eigenvalue weighted by Crippen LogP contribution is -2.31. The number of nitrogens with one attached hydrogen (secondary N) is 1. The summed E-state index contributed by atoms with van der Waals surface area (Å²) in [6.07, 6.45) is 4.56. The van der Waals surface area contributed by atoms with Gasteiger partial charge in [-0.2, -0.15) is 0 Å². The van der Waals surface area contributed by atoms with E-state index in [-0.39, 0.29) is 44.9 Å². The number of sulfone groups is 1. The average molecular weight is 484 g/mol. The van der Waals surface area contributed by atoms with E-state index in [1.165, 1.54) is 36.5 Å². The van der Waals surface area contributed by atoms with E-state index in [4.69, 9.17) is 4.74 Å². The highest BCUT2D eigenvalue weighted by atomic mass is 32.2. The van der Waals surface area contributed by atoms with Crippen molar-refractivity contribution in [2.45, 2.75) is 29.2 Å².